The van der Waals surface area contributed by atoms with E-state index in [0.29, 0.717) is 0 Å². The van der Waals surface area contributed by atoms with Crippen LogP contribution in [0.1, 0.15) is 35.4 Å². The largest absolute Gasteiger partial charge is 0.464 e. The first-order valence-corrected chi connectivity index (χ1v) is 9.10. The molecule has 0 spiro atoms. The molecule has 0 N–H and O–H groups in total. The van der Waals surface area contributed by atoms with Crippen LogP contribution >= 0.6 is 11.6 Å². The van der Waals surface area contributed by atoms with Crippen LogP contribution in [0.4, 0.5) is 0 Å². The van der Waals surface area contributed by atoms with E-state index >= 15 is 0 Å². The van der Waals surface area contributed by atoms with Crippen molar-refractivity contribution < 1.29 is 4.74 Å². The number of rotatable bonds is 2. The van der Waals surface area contributed by atoms with Crippen LogP contribution in [0.25, 0.3) is 0 Å². The fourth-order valence-electron chi connectivity index (χ4n) is 3.70. The van der Waals surface area contributed by atoms with Gasteiger partial charge in [0, 0.05) is 22.6 Å². The van der Waals surface area contributed by atoms with Crippen LogP contribution in [0.2, 0.25) is 5.02 Å². The van der Waals surface area contributed by atoms with Gasteiger partial charge in [0.1, 0.15) is 5.75 Å². The smallest absolute Gasteiger partial charge is 0.213 e. The molecule has 3 nitrogen and oxygen atoms in total. The molecule has 0 aromatic heterocycles. The van der Waals surface area contributed by atoms with E-state index in [1.165, 1.54) is 0 Å². The van der Waals surface area contributed by atoms with Crippen LogP contribution < -0.4 is 4.74 Å². The molecule has 5 rings (SSSR count). The summed E-state index contributed by atoms with van der Waals surface area (Å²) in [7, 11) is 0. The molecule has 0 radical (unpaired) electrons. The van der Waals surface area contributed by atoms with Crippen molar-refractivity contribution in [3.8, 4) is 5.75 Å². The van der Waals surface area contributed by atoms with Crippen LogP contribution in [0.15, 0.2) is 84.0 Å². The van der Waals surface area contributed by atoms with Gasteiger partial charge in [0.15, 0.2) is 0 Å². The van der Waals surface area contributed by atoms with Crippen molar-refractivity contribution in [1.29, 1.82) is 0 Å². The maximum absolute atomic E-state index is 6.33. The minimum Gasteiger partial charge on any atom is -0.464 e. The van der Waals surface area contributed by atoms with E-state index in [0.717, 1.165) is 39.6 Å². The SMILES string of the molecule is Clc1ccc2c(c1)C1CC(c3ccccc3)=NN1C(c1ccccc1)O2. The topological polar surface area (TPSA) is 24.8 Å². The van der Waals surface area contributed by atoms with Gasteiger partial charge in [0.25, 0.3) is 0 Å². The highest BCUT2D eigenvalue weighted by atomic mass is 35.5. The van der Waals surface area contributed by atoms with Gasteiger partial charge in [-0.1, -0.05) is 72.3 Å². The molecule has 3 aromatic rings. The molecule has 2 atom stereocenters. The Morgan fingerprint density at radius 3 is 2.42 bits per heavy atom. The summed E-state index contributed by atoms with van der Waals surface area (Å²) in [5, 5.41) is 7.75. The third kappa shape index (κ3) is 2.56. The van der Waals surface area contributed by atoms with E-state index in [2.05, 4.69) is 29.3 Å². The first kappa shape index (κ1) is 15.5. The molecule has 2 unspecified atom stereocenters. The maximum atomic E-state index is 6.33. The Labute approximate surface area is 157 Å². The van der Waals surface area contributed by atoms with Crippen molar-refractivity contribution in [3.63, 3.8) is 0 Å². The molecule has 0 amide bonds. The molecule has 0 fully saturated rings. The number of nitrogens with zero attached hydrogens (tertiary/aromatic N) is 2. The van der Waals surface area contributed by atoms with Gasteiger partial charge in [-0.2, -0.15) is 5.10 Å². The molecular weight excluding hydrogens is 344 g/mol. The number of fused-ring (bicyclic) bond motifs is 3. The maximum Gasteiger partial charge on any atom is 0.213 e. The normalized spacial score (nSPS) is 20.8. The molecule has 3 aromatic carbocycles. The van der Waals surface area contributed by atoms with Crippen LogP contribution in [0.3, 0.4) is 0 Å². The number of benzene rings is 3. The third-order valence-electron chi connectivity index (χ3n) is 4.94. The third-order valence-corrected chi connectivity index (χ3v) is 5.18. The van der Waals surface area contributed by atoms with Crippen molar-refractivity contribution in [2.75, 3.05) is 0 Å². The Morgan fingerprint density at radius 2 is 1.65 bits per heavy atom. The zero-order valence-electron chi connectivity index (χ0n) is 14.0. The second-order valence-electron chi connectivity index (χ2n) is 6.58. The number of hydrogen-bond donors (Lipinski definition) is 0. The summed E-state index contributed by atoms with van der Waals surface area (Å²) in [6.45, 7) is 0. The predicted octanol–water partition coefficient (Wildman–Crippen LogP) is 5.58. The lowest BCUT2D eigenvalue weighted by Gasteiger charge is -2.38. The van der Waals surface area contributed by atoms with Gasteiger partial charge in [-0.15, -0.1) is 0 Å². The number of hydrogen-bond acceptors (Lipinski definition) is 3. The van der Waals surface area contributed by atoms with E-state index in [1.54, 1.807) is 0 Å². The number of hydrazone groups is 1. The standard InChI is InChI=1S/C22H17ClN2O/c23-17-11-12-21-18(13-17)20-14-19(15-7-3-1-4-8-15)24-25(20)22(26-21)16-9-5-2-6-10-16/h1-13,20,22H,14H2. The quantitative estimate of drug-likeness (QED) is 0.595. The molecule has 0 aliphatic carbocycles. The minimum absolute atomic E-state index is 0.123. The van der Waals surface area contributed by atoms with E-state index in [4.69, 9.17) is 21.4 Å². The molecular formula is C22H17ClN2O. The van der Waals surface area contributed by atoms with Crippen molar-refractivity contribution in [2.24, 2.45) is 5.10 Å². The van der Waals surface area contributed by atoms with E-state index in [1.807, 2.05) is 54.6 Å². The Bertz CT molecular complexity index is 972. The van der Waals surface area contributed by atoms with Crippen molar-refractivity contribution in [3.05, 3.63) is 101 Å². The second-order valence-corrected chi connectivity index (χ2v) is 7.01. The molecule has 2 heterocycles. The highest BCUT2D eigenvalue weighted by Crippen LogP contribution is 2.48. The first-order valence-electron chi connectivity index (χ1n) is 8.72. The van der Waals surface area contributed by atoms with Crippen LogP contribution in [-0.4, -0.2) is 10.7 Å². The van der Waals surface area contributed by atoms with Crippen molar-refractivity contribution >= 4 is 17.3 Å². The van der Waals surface area contributed by atoms with Gasteiger partial charge in [0.2, 0.25) is 6.23 Å². The molecule has 0 saturated heterocycles. The molecule has 0 saturated carbocycles. The fourth-order valence-corrected chi connectivity index (χ4v) is 3.88. The van der Waals surface area contributed by atoms with Crippen molar-refractivity contribution in [1.82, 2.24) is 5.01 Å². The van der Waals surface area contributed by atoms with Gasteiger partial charge >= 0.3 is 0 Å². The lowest BCUT2D eigenvalue weighted by molar-refractivity contribution is -0.0190. The minimum atomic E-state index is -0.240. The highest BCUT2D eigenvalue weighted by Gasteiger charge is 2.40. The molecule has 4 heteroatoms. The average molecular weight is 361 g/mol. The monoisotopic (exact) mass is 360 g/mol. The summed E-state index contributed by atoms with van der Waals surface area (Å²) in [6, 6.07) is 26.5. The molecule has 26 heavy (non-hydrogen) atoms. The zero-order chi connectivity index (χ0) is 17.5. The van der Waals surface area contributed by atoms with Gasteiger partial charge in [-0.25, -0.2) is 5.01 Å². The molecule has 2 aliphatic rings. The Kier molecular flexibility index (Phi) is 3.68. The Balaban J connectivity index is 1.62. The zero-order valence-corrected chi connectivity index (χ0v) is 14.8. The number of halogens is 1. The van der Waals surface area contributed by atoms with E-state index < -0.39 is 0 Å². The Hall–Kier alpha value is -2.78. The van der Waals surface area contributed by atoms with E-state index in [9.17, 15) is 0 Å². The highest BCUT2D eigenvalue weighted by molar-refractivity contribution is 6.30. The Morgan fingerprint density at radius 1 is 0.923 bits per heavy atom. The lowest BCUT2D eigenvalue weighted by atomic mass is 9.96. The molecule has 2 aliphatic heterocycles. The van der Waals surface area contributed by atoms with Gasteiger partial charge in [-0.3, -0.25) is 0 Å². The van der Waals surface area contributed by atoms with Gasteiger partial charge in [-0.05, 0) is 23.8 Å². The number of ether oxygens (including phenoxy) is 1. The molecule has 0 bridgehead atoms. The second kappa shape index (κ2) is 6.19. The summed E-state index contributed by atoms with van der Waals surface area (Å²) < 4.78 is 6.33. The molecule has 128 valence electrons. The van der Waals surface area contributed by atoms with Crippen LogP contribution in [-0.2, 0) is 0 Å². The summed E-state index contributed by atoms with van der Waals surface area (Å²) in [6.07, 6.45) is 0.598. The van der Waals surface area contributed by atoms with E-state index in [-0.39, 0.29) is 12.3 Å². The summed E-state index contributed by atoms with van der Waals surface area (Å²) in [5.41, 5.74) is 4.42. The van der Waals surface area contributed by atoms with Crippen molar-refractivity contribution in [2.45, 2.75) is 18.7 Å². The average Bonchev–Trinajstić information content (AvgIpc) is 3.15. The van der Waals surface area contributed by atoms with Gasteiger partial charge < -0.3 is 4.74 Å². The summed E-state index contributed by atoms with van der Waals surface area (Å²) in [5.74, 6) is 0.883. The predicted molar refractivity (Wildman–Crippen MR) is 103 cm³/mol. The lowest BCUT2D eigenvalue weighted by Crippen LogP contribution is -2.33. The van der Waals surface area contributed by atoms with Crippen LogP contribution in [0, 0.1) is 0 Å². The van der Waals surface area contributed by atoms with Gasteiger partial charge in [0.05, 0.1) is 11.8 Å². The first-order chi connectivity index (χ1) is 12.8. The fraction of sp³-hybridized carbons (Fsp3) is 0.136. The van der Waals surface area contributed by atoms with Crippen LogP contribution in [0.5, 0.6) is 5.75 Å². The summed E-state index contributed by atoms with van der Waals surface area (Å²) >= 11 is 6.26. The summed E-state index contributed by atoms with van der Waals surface area (Å²) in [4.78, 5) is 0.